The summed E-state index contributed by atoms with van der Waals surface area (Å²) in [5.74, 6) is -1.34. The number of carbonyl (C=O) groups is 2. The van der Waals surface area contributed by atoms with Crippen molar-refractivity contribution in [3.63, 3.8) is 0 Å². The lowest BCUT2D eigenvalue weighted by Crippen LogP contribution is -2.43. The van der Waals surface area contributed by atoms with Gasteiger partial charge in [0.15, 0.2) is 0 Å². The van der Waals surface area contributed by atoms with Gasteiger partial charge in [-0.05, 0) is 25.0 Å². The highest BCUT2D eigenvalue weighted by molar-refractivity contribution is 8.26. The van der Waals surface area contributed by atoms with Crippen molar-refractivity contribution < 1.29 is 14.7 Å². The number of thiocarbonyl (C=S) groups is 1. The molecule has 0 saturated carbocycles. The molecule has 1 atom stereocenters. The van der Waals surface area contributed by atoms with Crippen LogP contribution in [0.25, 0.3) is 6.08 Å². The molecule has 0 aromatic heterocycles. The van der Waals surface area contributed by atoms with Gasteiger partial charge in [-0.15, -0.1) is 0 Å². The normalized spacial score (nSPS) is 18.1. The van der Waals surface area contributed by atoms with Gasteiger partial charge in [-0.1, -0.05) is 67.2 Å². The molecular weight excluding hydrogens is 318 g/mol. The topological polar surface area (TPSA) is 57.6 Å². The van der Waals surface area contributed by atoms with E-state index in [1.165, 1.54) is 4.90 Å². The lowest BCUT2D eigenvalue weighted by Gasteiger charge is -2.22. The molecule has 6 heteroatoms. The Morgan fingerprint density at radius 3 is 2.82 bits per heavy atom. The second kappa shape index (κ2) is 7.07. The number of benzene rings is 1. The van der Waals surface area contributed by atoms with Crippen molar-refractivity contribution in [1.82, 2.24) is 4.90 Å². The van der Waals surface area contributed by atoms with Crippen molar-refractivity contribution in [3.05, 3.63) is 40.3 Å². The zero-order chi connectivity index (χ0) is 16.3. The molecule has 1 N–H and O–H groups in total. The van der Waals surface area contributed by atoms with Gasteiger partial charge in [0.25, 0.3) is 5.91 Å². The van der Waals surface area contributed by atoms with Crippen LogP contribution in [0.3, 0.4) is 0 Å². The highest BCUT2D eigenvalue weighted by atomic mass is 32.2. The molecular formula is C16H17NO3S2. The largest absolute Gasteiger partial charge is 0.480 e. The third kappa shape index (κ3) is 3.56. The Morgan fingerprint density at radius 2 is 2.23 bits per heavy atom. The molecule has 1 aromatic carbocycles. The summed E-state index contributed by atoms with van der Waals surface area (Å²) in [6, 6.07) is 6.87. The number of aliphatic carboxylic acids is 1. The molecule has 0 radical (unpaired) electrons. The Kier molecular flexibility index (Phi) is 5.37. The smallest absolute Gasteiger partial charge is 0.326 e. The number of thioether (sulfide) groups is 1. The molecule has 4 nitrogen and oxygen atoms in total. The molecule has 1 aromatic rings. The Bertz CT molecular complexity index is 655. The standard InChI is InChI=1S/C16H17NO3S2/c1-3-5-12(15(19)20)17-14(18)13(22-16(17)21)9-11-7-4-6-10(2)8-11/h4,6-9,12H,3,5H2,1-2H3,(H,19,20)/b13-9-/t12-/m0/s1. The number of amides is 1. The van der Waals surface area contributed by atoms with E-state index in [4.69, 9.17) is 12.2 Å². The van der Waals surface area contributed by atoms with Crippen molar-refractivity contribution in [1.29, 1.82) is 0 Å². The number of hydrogen-bond acceptors (Lipinski definition) is 4. The maximum atomic E-state index is 12.5. The molecule has 1 aliphatic rings. The van der Waals surface area contributed by atoms with Gasteiger partial charge in [0.2, 0.25) is 0 Å². The first-order valence-electron chi connectivity index (χ1n) is 7.00. The van der Waals surface area contributed by atoms with E-state index in [0.29, 0.717) is 22.1 Å². The van der Waals surface area contributed by atoms with Crippen LogP contribution < -0.4 is 0 Å². The van der Waals surface area contributed by atoms with E-state index in [2.05, 4.69) is 0 Å². The van der Waals surface area contributed by atoms with E-state index in [-0.39, 0.29) is 5.91 Å². The maximum Gasteiger partial charge on any atom is 0.326 e. The molecule has 0 unspecified atom stereocenters. The molecule has 1 heterocycles. The SMILES string of the molecule is CCC[C@@H](C(=O)O)N1C(=O)/C(=C/c2cccc(C)c2)SC1=S. The van der Waals surface area contributed by atoms with E-state index in [1.807, 2.05) is 38.1 Å². The fourth-order valence-electron chi connectivity index (χ4n) is 2.30. The van der Waals surface area contributed by atoms with Crippen LogP contribution in [0.4, 0.5) is 0 Å². The number of aryl methyl sites for hydroxylation is 1. The van der Waals surface area contributed by atoms with Gasteiger partial charge in [-0.25, -0.2) is 4.79 Å². The summed E-state index contributed by atoms with van der Waals surface area (Å²) in [7, 11) is 0. The zero-order valence-electron chi connectivity index (χ0n) is 12.4. The molecule has 1 aliphatic heterocycles. The molecule has 116 valence electrons. The quantitative estimate of drug-likeness (QED) is 0.660. The van der Waals surface area contributed by atoms with Crippen LogP contribution >= 0.6 is 24.0 Å². The minimum atomic E-state index is -1.02. The minimum absolute atomic E-state index is 0.310. The maximum absolute atomic E-state index is 12.5. The molecule has 0 spiro atoms. The Balaban J connectivity index is 2.30. The number of carbonyl (C=O) groups excluding carboxylic acids is 1. The second-order valence-corrected chi connectivity index (χ2v) is 6.78. The van der Waals surface area contributed by atoms with Crippen LogP contribution in [-0.2, 0) is 9.59 Å². The first-order chi connectivity index (χ1) is 10.4. The van der Waals surface area contributed by atoms with E-state index in [0.717, 1.165) is 22.9 Å². The predicted octanol–water partition coefficient (Wildman–Crippen LogP) is 3.45. The van der Waals surface area contributed by atoms with E-state index in [1.54, 1.807) is 6.08 Å². The number of hydrogen-bond donors (Lipinski definition) is 1. The van der Waals surface area contributed by atoms with Gasteiger partial charge in [0.1, 0.15) is 10.4 Å². The molecule has 22 heavy (non-hydrogen) atoms. The fourth-order valence-corrected chi connectivity index (χ4v) is 3.65. The van der Waals surface area contributed by atoms with Gasteiger partial charge < -0.3 is 5.11 Å². The van der Waals surface area contributed by atoms with E-state index in [9.17, 15) is 14.7 Å². The summed E-state index contributed by atoms with van der Waals surface area (Å²) < 4.78 is 0.310. The Hall–Kier alpha value is -1.66. The van der Waals surface area contributed by atoms with Crippen LogP contribution in [0.1, 0.15) is 30.9 Å². The number of carboxylic acids is 1. The lowest BCUT2D eigenvalue weighted by atomic mass is 10.1. The second-order valence-electron chi connectivity index (χ2n) is 5.11. The van der Waals surface area contributed by atoms with Crippen molar-refractivity contribution in [2.45, 2.75) is 32.7 Å². The highest BCUT2D eigenvalue weighted by Gasteiger charge is 2.39. The Morgan fingerprint density at radius 1 is 1.50 bits per heavy atom. The van der Waals surface area contributed by atoms with Crippen molar-refractivity contribution in [3.8, 4) is 0 Å². The predicted molar refractivity (Wildman–Crippen MR) is 92.5 cm³/mol. The first kappa shape index (κ1) is 16.7. The third-order valence-electron chi connectivity index (χ3n) is 3.32. The van der Waals surface area contributed by atoms with E-state index < -0.39 is 12.0 Å². The monoisotopic (exact) mass is 335 g/mol. The molecule has 1 saturated heterocycles. The summed E-state index contributed by atoms with van der Waals surface area (Å²) in [6.45, 7) is 3.86. The summed E-state index contributed by atoms with van der Waals surface area (Å²) in [4.78, 5) is 25.6. The lowest BCUT2D eigenvalue weighted by molar-refractivity contribution is -0.145. The first-order valence-corrected chi connectivity index (χ1v) is 8.23. The Labute approximate surface area is 139 Å². The van der Waals surface area contributed by atoms with Gasteiger partial charge in [0, 0.05) is 0 Å². The number of carboxylic acid groups (broad SMARTS) is 1. The molecule has 0 bridgehead atoms. The van der Waals surface area contributed by atoms with Gasteiger partial charge >= 0.3 is 5.97 Å². The highest BCUT2D eigenvalue weighted by Crippen LogP contribution is 2.34. The number of nitrogens with zero attached hydrogens (tertiary/aromatic N) is 1. The van der Waals surface area contributed by atoms with Gasteiger partial charge in [-0.2, -0.15) is 0 Å². The van der Waals surface area contributed by atoms with Crippen LogP contribution in [0.5, 0.6) is 0 Å². The molecule has 0 aliphatic carbocycles. The van der Waals surface area contributed by atoms with Crippen LogP contribution in [-0.4, -0.2) is 32.2 Å². The van der Waals surface area contributed by atoms with E-state index >= 15 is 0 Å². The average molecular weight is 335 g/mol. The molecule has 1 fully saturated rings. The third-order valence-corrected chi connectivity index (χ3v) is 4.65. The van der Waals surface area contributed by atoms with Crippen LogP contribution in [0.15, 0.2) is 29.2 Å². The summed E-state index contributed by atoms with van der Waals surface area (Å²) >= 11 is 6.37. The van der Waals surface area contributed by atoms with Gasteiger partial charge in [0.05, 0.1) is 4.91 Å². The van der Waals surface area contributed by atoms with Gasteiger partial charge in [-0.3, -0.25) is 9.69 Å². The molecule has 2 rings (SSSR count). The van der Waals surface area contributed by atoms with Crippen molar-refractivity contribution in [2.24, 2.45) is 0 Å². The van der Waals surface area contributed by atoms with Crippen molar-refractivity contribution >= 4 is 46.3 Å². The summed E-state index contributed by atoms with van der Waals surface area (Å²) in [6.07, 6.45) is 2.82. The summed E-state index contributed by atoms with van der Waals surface area (Å²) in [5, 5.41) is 9.33. The summed E-state index contributed by atoms with van der Waals surface area (Å²) in [5.41, 5.74) is 2.00. The average Bonchev–Trinajstić information content (AvgIpc) is 2.71. The minimum Gasteiger partial charge on any atom is -0.480 e. The van der Waals surface area contributed by atoms with Crippen molar-refractivity contribution in [2.75, 3.05) is 0 Å². The fraction of sp³-hybridized carbons (Fsp3) is 0.312. The molecule has 1 amide bonds. The van der Waals surface area contributed by atoms with Crippen LogP contribution in [0.2, 0.25) is 0 Å². The van der Waals surface area contributed by atoms with Crippen LogP contribution in [0, 0.1) is 6.92 Å². The number of rotatable bonds is 5. The zero-order valence-corrected chi connectivity index (χ0v) is 14.0.